The van der Waals surface area contributed by atoms with Gasteiger partial charge in [0.1, 0.15) is 0 Å². The summed E-state index contributed by atoms with van der Waals surface area (Å²) in [6.07, 6.45) is 4.68. The quantitative estimate of drug-likeness (QED) is 0.865. The SMILES string of the molecule is C[C@@H]1CN2C[C@@H](NC(=O)c3cc4ncccn4n3)C[C@H]2CO1. The largest absolute Gasteiger partial charge is 0.376 e. The van der Waals surface area contributed by atoms with Crippen LogP contribution in [0.5, 0.6) is 0 Å². The van der Waals surface area contributed by atoms with Gasteiger partial charge in [-0.3, -0.25) is 9.69 Å². The van der Waals surface area contributed by atoms with Gasteiger partial charge >= 0.3 is 0 Å². The number of amides is 1. The van der Waals surface area contributed by atoms with Gasteiger partial charge in [-0.05, 0) is 19.4 Å². The summed E-state index contributed by atoms with van der Waals surface area (Å²) in [6, 6.07) is 4.08. The van der Waals surface area contributed by atoms with Crippen LogP contribution in [0.3, 0.4) is 0 Å². The third-order valence-electron chi connectivity index (χ3n) is 4.40. The molecule has 2 fully saturated rings. The fraction of sp³-hybridized carbons (Fsp3) is 0.533. The first-order valence-corrected chi connectivity index (χ1v) is 7.66. The lowest BCUT2D eigenvalue weighted by Crippen LogP contribution is -2.45. The average molecular weight is 301 g/mol. The molecule has 0 saturated carbocycles. The molecule has 2 aromatic rings. The lowest BCUT2D eigenvalue weighted by molar-refractivity contribution is -0.0390. The maximum atomic E-state index is 12.4. The Labute approximate surface area is 128 Å². The number of hydrogen-bond donors (Lipinski definition) is 1. The predicted molar refractivity (Wildman–Crippen MR) is 79.6 cm³/mol. The first-order chi connectivity index (χ1) is 10.7. The molecule has 4 heterocycles. The van der Waals surface area contributed by atoms with Gasteiger partial charge in [0.15, 0.2) is 11.3 Å². The standard InChI is InChI=1S/C15H19N5O2/c1-10-7-19-8-11(5-12(19)9-22-10)17-15(21)13-6-14-16-3-2-4-20(14)18-13/h2-4,6,10-12H,5,7-9H2,1H3,(H,17,21)/t10-,11+,12+/m1/s1. The number of aromatic nitrogens is 3. The molecule has 3 atom stereocenters. The summed E-state index contributed by atoms with van der Waals surface area (Å²) in [5.74, 6) is -0.135. The van der Waals surface area contributed by atoms with E-state index in [0.717, 1.165) is 26.1 Å². The van der Waals surface area contributed by atoms with Gasteiger partial charge in [0, 0.05) is 43.6 Å². The van der Waals surface area contributed by atoms with Crippen LogP contribution in [-0.4, -0.2) is 63.3 Å². The van der Waals surface area contributed by atoms with E-state index in [1.54, 1.807) is 29.0 Å². The number of rotatable bonds is 2. The number of carbonyl (C=O) groups is 1. The van der Waals surface area contributed by atoms with Crippen molar-refractivity contribution in [2.45, 2.75) is 31.5 Å². The van der Waals surface area contributed by atoms with Gasteiger partial charge in [0.05, 0.1) is 12.7 Å². The molecular formula is C15H19N5O2. The van der Waals surface area contributed by atoms with Crippen LogP contribution in [-0.2, 0) is 4.74 Å². The van der Waals surface area contributed by atoms with Crippen LogP contribution < -0.4 is 5.32 Å². The Morgan fingerprint density at radius 2 is 2.36 bits per heavy atom. The molecule has 22 heavy (non-hydrogen) atoms. The molecule has 2 aliphatic rings. The molecule has 0 bridgehead atoms. The normalized spacial score (nSPS) is 28.7. The number of carbonyl (C=O) groups excluding carboxylic acids is 1. The van der Waals surface area contributed by atoms with Crippen molar-refractivity contribution in [1.82, 2.24) is 24.8 Å². The van der Waals surface area contributed by atoms with E-state index in [2.05, 4.69) is 27.2 Å². The fourth-order valence-electron chi connectivity index (χ4n) is 3.34. The molecule has 0 unspecified atom stereocenters. The number of morpholine rings is 1. The lowest BCUT2D eigenvalue weighted by Gasteiger charge is -2.33. The number of nitrogens with zero attached hydrogens (tertiary/aromatic N) is 4. The molecule has 1 amide bonds. The van der Waals surface area contributed by atoms with Crippen molar-refractivity contribution in [3.8, 4) is 0 Å². The third kappa shape index (κ3) is 2.46. The Balaban J connectivity index is 1.44. The van der Waals surface area contributed by atoms with Crippen LogP contribution in [0.4, 0.5) is 0 Å². The maximum absolute atomic E-state index is 12.4. The van der Waals surface area contributed by atoms with Crippen LogP contribution in [0.25, 0.3) is 5.65 Å². The van der Waals surface area contributed by atoms with E-state index in [4.69, 9.17) is 4.74 Å². The topological polar surface area (TPSA) is 71.8 Å². The molecule has 2 aromatic heterocycles. The Morgan fingerprint density at radius 1 is 1.45 bits per heavy atom. The first kappa shape index (κ1) is 13.7. The molecule has 1 N–H and O–H groups in total. The maximum Gasteiger partial charge on any atom is 0.272 e. The molecule has 2 aliphatic heterocycles. The van der Waals surface area contributed by atoms with Crippen molar-refractivity contribution in [3.05, 3.63) is 30.2 Å². The zero-order chi connectivity index (χ0) is 15.1. The summed E-state index contributed by atoms with van der Waals surface area (Å²) in [5.41, 5.74) is 1.09. The summed E-state index contributed by atoms with van der Waals surface area (Å²) in [5, 5.41) is 7.35. The van der Waals surface area contributed by atoms with E-state index in [-0.39, 0.29) is 18.1 Å². The number of hydrogen-bond acceptors (Lipinski definition) is 5. The molecule has 0 aliphatic carbocycles. The second-order valence-corrected chi connectivity index (χ2v) is 6.11. The summed E-state index contributed by atoms with van der Waals surface area (Å²) in [4.78, 5) is 19.0. The van der Waals surface area contributed by atoms with E-state index >= 15 is 0 Å². The fourth-order valence-corrected chi connectivity index (χ4v) is 3.34. The van der Waals surface area contributed by atoms with Crippen LogP contribution >= 0.6 is 0 Å². The molecule has 2 saturated heterocycles. The minimum atomic E-state index is -0.135. The third-order valence-corrected chi connectivity index (χ3v) is 4.40. The average Bonchev–Trinajstić information content (AvgIpc) is 3.09. The Morgan fingerprint density at radius 3 is 3.23 bits per heavy atom. The van der Waals surface area contributed by atoms with Crippen molar-refractivity contribution in [3.63, 3.8) is 0 Å². The van der Waals surface area contributed by atoms with Crippen molar-refractivity contribution >= 4 is 11.6 Å². The summed E-state index contributed by atoms with van der Waals surface area (Å²) < 4.78 is 7.30. The van der Waals surface area contributed by atoms with Crippen LogP contribution in [0.1, 0.15) is 23.8 Å². The monoisotopic (exact) mass is 301 g/mol. The predicted octanol–water partition coefficient (Wildman–Crippen LogP) is 0.321. The molecule has 0 radical (unpaired) electrons. The van der Waals surface area contributed by atoms with Crippen LogP contribution in [0.2, 0.25) is 0 Å². The first-order valence-electron chi connectivity index (χ1n) is 7.66. The van der Waals surface area contributed by atoms with Gasteiger partial charge in [0.2, 0.25) is 0 Å². The molecule has 7 nitrogen and oxygen atoms in total. The zero-order valence-electron chi connectivity index (χ0n) is 12.5. The second kappa shape index (κ2) is 5.33. The highest BCUT2D eigenvalue weighted by atomic mass is 16.5. The van der Waals surface area contributed by atoms with E-state index in [1.165, 1.54) is 0 Å². The number of nitrogens with one attached hydrogen (secondary N) is 1. The summed E-state index contributed by atoms with van der Waals surface area (Å²) in [6.45, 7) is 4.67. The van der Waals surface area contributed by atoms with Crippen molar-refractivity contribution in [2.75, 3.05) is 19.7 Å². The highest BCUT2D eigenvalue weighted by Crippen LogP contribution is 2.23. The highest BCUT2D eigenvalue weighted by Gasteiger charge is 2.37. The second-order valence-electron chi connectivity index (χ2n) is 6.11. The van der Waals surface area contributed by atoms with E-state index < -0.39 is 0 Å². The highest BCUT2D eigenvalue weighted by molar-refractivity contribution is 5.93. The van der Waals surface area contributed by atoms with Crippen molar-refractivity contribution in [2.24, 2.45) is 0 Å². The van der Waals surface area contributed by atoms with E-state index in [9.17, 15) is 4.79 Å². The van der Waals surface area contributed by atoms with Gasteiger partial charge < -0.3 is 10.1 Å². The van der Waals surface area contributed by atoms with Gasteiger partial charge in [-0.25, -0.2) is 9.50 Å². The molecule has 7 heteroatoms. The lowest BCUT2D eigenvalue weighted by atomic mass is 10.1. The number of fused-ring (bicyclic) bond motifs is 2. The molecular weight excluding hydrogens is 282 g/mol. The van der Waals surface area contributed by atoms with Gasteiger partial charge in [-0.1, -0.05) is 0 Å². The molecule has 116 valence electrons. The van der Waals surface area contributed by atoms with Crippen LogP contribution in [0, 0.1) is 0 Å². The Bertz CT molecular complexity index is 667. The molecule has 0 aromatic carbocycles. The smallest absolute Gasteiger partial charge is 0.272 e. The van der Waals surface area contributed by atoms with Gasteiger partial charge in [-0.15, -0.1) is 0 Å². The molecule has 4 rings (SSSR count). The van der Waals surface area contributed by atoms with Gasteiger partial charge in [-0.2, -0.15) is 5.10 Å². The van der Waals surface area contributed by atoms with Crippen molar-refractivity contribution < 1.29 is 9.53 Å². The number of ether oxygens (including phenoxy) is 1. The Hall–Kier alpha value is -1.99. The van der Waals surface area contributed by atoms with E-state index in [0.29, 0.717) is 17.4 Å². The van der Waals surface area contributed by atoms with Crippen molar-refractivity contribution in [1.29, 1.82) is 0 Å². The summed E-state index contributed by atoms with van der Waals surface area (Å²) >= 11 is 0. The Kier molecular flexibility index (Phi) is 3.31. The zero-order valence-corrected chi connectivity index (χ0v) is 12.5. The van der Waals surface area contributed by atoms with Crippen LogP contribution in [0.15, 0.2) is 24.5 Å². The minimum absolute atomic E-state index is 0.135. The molecule has 0 spiro atoms. The minimum Gasteiger partial charge on any atom is -0.376 e. The van der Waals surface area contributed by atoms with E-state index in [1.807, 2.05) is 0 Å². The van der Waals surface area contributed by atoms with Gasteiger partial charge in [0.25, 0.3) is 5.91 Å². The summed E-state index contributed by atoms with van der Waals surface area (Å²) in [7, 11) is 0.